The fourth-order valence-corrected chi connectivity index (χ4v) is 2.26. The summed E-state index contributed by atoms with van der Waals surface area (Å²) in [6, 6.07) is 1.84. The van der Waals surface area contributed by atoms with Gasteiger partial charge in [0.15, 0.2) is 0 Å². The lowest BCUT2D eigenvalue weighted by atomic mass is 9.89. The Morgan fingerprint density at radius 1 is 1.33 bits per heavy atom. The summed E-state index contributed by atoms with van der Waals surface area (Å²) in [6.45, 7) is 4.53. The second-order valence-electron chi connectivity index (χ2n) is 5.44. The van der Waals surface area contributed by atoms with E-state index in [-0.39, 0.29) is 16.5 Å². The highest BCUT2D eigenvalue weighted by molar-refractivity contribution is 6.35. The first-order chi connectivity index (χ1) is 9.54. The van der Waals surface area contributed by atoms with E-state index in [1.54, 1.807) is 6.92 Å². The van der Waals surface area contributed by atoms with Gasteiger partial charge >= 0.3 is 5.97 Å². The van der Waals surface area contributed by atoms with Gasteiger partial charge in [-0.05, 0) is 38.5 Å². The largest absolute Gasteiger partial charge is 0.481 e. The lowest BCUT2D eigenvalue weighted by Crippen LogP contribution is -2.34. The van der Waals surface area contributed by atoms with Crippen LogP contribution in [0.25, 0.3) is 0 Å². The molecule has 116 valence electrons. The fraction of sp³-hybridized carbons (Fsp3) is 0.429. The first-order valence-corrected chi connectivity index (χ1v) is 6.97. The van der Waals surface area contributed by atoms with Crippen LogP contribution in [0, 0.1) is 11.2 Å². The molecule has 1 aromatic rings. The average molecular weight is 336 g/mol. The summed E-state index contributed by atoms with van der Waals surface area (Å²) in [5, 5.41) is 11.7. The van der Waals surface area contributed by atoms with Crippen LogP contribution < -0.4 is 5.32 Å². The van der Waals surface area contributed by atoms with Gasteiger partial charge in [-0.1, -0.05) is 23.2 Å². The monoisotopic (exact) mass is 335 g/mol. The van der Waals surface area contributed by atoms with Crippen LogP contribution in [0.15, 0.2) is 12.1 Å². The van der Waals surface area contributed by atoms with Gasteiger partial charge in [0.25, 0.3) is 0 Å². The van der Waals surface area contributed by atoms with Crippen molar-refractivity contribution in [1.82, 2.24) is 5.32 Å². The van der Waals surface area contributed by atoms with Crippen molar-refractivity contribution in [3.63, 3.8) is 0 Å². The Balaban J connectivity index is 2.82. The van der Waals surface area contributed by atoms with Crippen LogP contribution in [0.2, 0.25) is 10.0 Å². The van der Waals surface area contributed by atoms with E-state index in [0.717, 1.165) is 6.07 Å². The third-order valence-electron chi connectivity index (χ3n) is 3.07. The minimum Gasteiger partial charge on any atom is -0.481 e. The van der Waals surface area contributed by atoms with Gasteiger partial charge in [0.2, 0.25) is 5.91 Å². The Bertz CT molecular complexity index is 576. The maximum atomic E-state index is 13.5. The summed E-state index contributed by atoms with van der Waals surface area (Å²) in [5.41, 5.74) is -0.807. The van der Waals surface area contributed by atoms with E-state index in [2.05, 4.69) is 5.32 Å². The molecule has 7 heteroatoms. The number of carbonyl (C=O) groups is 2. The molecule has 1 amide bonds. The maximum absolute atomic E-state index is 13.5. The number of nitrogens with one attached hydrogen (secondary N) is 1. The average Bonchev–Trinajstić information content (AvgIpc) is 2.32. The van der Waals surface area contributed by atoms with Crippen molar-refractivity contribution >= 4 is 35.1 Å². The number of carboxylic acid groups (broad SMARTS) is 1. The molecule has 0 heterocycles. The van der Waals surface area contributed by atoms with Gasteiger partial charge in [0.1, 0.15) is 5.82 Å². The molecule has 4 nitrogen and oxygen atoms in total. The van der Waals surface area contributed by atoms with Crippen molar-refractivity contribution in [2.45, 2.75) is 33.2 Å². The van der Waals surface area contributed by atoms with Crippen LogP contribution in [0.3, 0.4) is 0 Å². The molecule has 1 unspecified atom stereocenters. The molecule has 0 radical (unpaired) electrons. The number of carbonyl (C=O) groups excluding carboxylic acids is 1. The number of carboxylic acids is 1. The van der Waals surface area contributed by atoms with Crippen LogP contribution in [-0.4, -0.2) is 17.0 Å². The van der Waals surface area contributed by atoms with E-state index in [1.807, 2.05) is 0 Å². The summed E-state index contributed by atoms with van der Waals surface area (Å²) >= 11 is 11.6. The van der Waals surface area contributed by atoms with Crippen molar-refractivity contribution < 1.29 is 19.1 Å². The second kappa shape index (κ2) is 6.62. The molecule has 0 aliphatic heterocycles. The third kappa shape index (κ3) is 4.58. The van der Waals surface area contributed by atoms with Gasteiger partial charge in [-0.2, -0.15) is 0 Å². The Morgan fingerprint density at radius 3 is 2.43 bits per heavy atom. The number of amides is 1. The molecule has 0 aliphatic carbocycles. The molecule has 1 aromatic carbocycles. The molecule has 0 fully saturated rings. The van der Waals surface area contributed by atoms with E-state index in [9.17, 15) is 14.0 Å². The van der Waals surface area contributed by atoms with Crippen molar-refractivity contribution in [3.05, 3.63) is 33.6 Å². The molecular formula is C14H16Cl2FNO3. The van der Waals surface area contributed by atoms with Gasteiger partial charge in [0, 0.05) is 11.4 Å². The zero-order chi connectivity index (χ0) is 16.4. The molecule has 21 heavy (non-hydrogen) atoms. The summed E-state index contributed by atoms with van der Waals surface area (Å²) in [6.07, 6.45) is -0.194. The van der Waals surface area contributed by atoms with Gasteiger partial charge in [0.05, 0.1) is 16.5 Å². The Morgan fingerprint density at radius 2 is 1.90 bits per heavy atom. The number of halogens is 3. The van der Waals surface area contributed by atoms with E-state index >= 15 is 0 Å². The molecule has 2 N–H and O–H groups in total. The van der Waals surface area contributed by atoms with Crippen molar-refractivity contribution in [1.29, 1.82) is 0 Å². The maximum Gasteiger partial charge on any atom is 0.309 e. The molecule has 0 spiro atoms. The summed E-state index contributed by atoms with van der Waals surface area (Å²) in [5.74, 6) is -2.16. The fourth-order valence-electron chi connectivity index (χ4n) is 1.72. The summed E-state index contributed by atoms with van der Waals surface area (Å²) in [4.78, 5) is 22.9. The topological polar surface area (TPSA) is 66.4 Å². The van der Waals surface area contributed by atoms with Crippen LogP contribution in [0.5, 0.6) is 0 Å². The molecule has 1 rings (SSSR count). The lowest BCUT2D eigenvalue weighted by molar-refractivity contribution is -0.149. The first-order valence-electron chi connectivity index (χ1n) is 6.22. The number of hydrogen-bond acceptors (Lipinski definition) is 2. The SMILES string of the molecule is CC(NC(=O)CC(C)(C)C(=O)O)c1cc(F)c(Cl)cc1Cl. The Hall–Kier alpha value is -1.33. The van der Waals surface area contributed by atoms with Crippen LogP contribution >= 0.6 is 23.2 Å². The number of rotatable bonds is 5. The molecule has 0 saturated carbocycles. The molecule has 1 atom stereocenters. The molecule has 0 bridgehead atoms. The highest BCUT2D eigenvalue weighted by Gasteiger charge is 2.30. The van der Waals surface area contributed by atoms with E-state index in [4.69, 9.17) is 28.3 Å². The summed E-state index contributed by atoms with van der Waals surface area (Å²) < 4.78 is 13.5. The quantitative estimate of drug-likeness (QED) is 0.804. The predicted molar refractivity (Wildman–Crippen MR) is 79.0 cm³/mol. The normalized spacial score (nSPS) is 12.9. The van der Waals surface area contributed by atoms with Gasteiger partial charge < -0.3 is 10.4 Å². The van der Waals surface area contributed by atoms with Crippen LogP contribution in [0.1, 0.15) is 38.8 Å². The highest BCUT2D eigenvalue weighted by atomic mass is 35.5. The van der Waals surface area contributed by atoms with Crippen LogP contribution in [-0.2, 0) is 9.59 Å². The van der Waals surface area contributed by atoms with Crippen molar-refractivity contribution in [2.24, 2.45) is 5.41 Å². The van der Waals surface area contributed by atoms with Gasteiger partial charge in [-0.15, -0.1) is 0 Å². The molecule has 0 saturated heterocycles. The molecule has 0 aliphatic rings. The summed E-state index contributed by atoms with van der Waals surface area (Å²) in [7, 11) is 0. The standard InChI is InChI=1S/C14H16Cl2FNO3/c1-7(8-4-11(17)10(16)5-9(8)15)18-12(19)6-14(2,3)13(20)21/h4-5,7H,6H2,1-3H3,(H,18,19)(H,20,21). The molecule has 0 aromatic heterocycles. The van der Waals surface area contributed by atoms with Crippen LogP contribution in [0.4, 0.5) is 4.39 Å². The predicted octanol–water partition coefficient (Wildman–Crippen LogP) is 3.81. The highest BCUT2D eigenvalue weighted by Crippen LogP contribution is 2.29. The lowest BCUT2D eigenvalue weighted by Gasteiger charge is -2.21. The van der Waals surface area contributed by atoms with Gasteiger partial charge in [-0.3, -0.25) is 9.59 Å². The third-order valence-corrected chi connectivity index (χ3v) is 3.68. The Kier molecular flexibility index (Phi) is 5.59. The van der Waals surface area contributed by atoms with E-state index < -0.39 is 29.2 Å². The first kappa shape index (κ1) is 17.7. The smallest absolute Gasteiger partial charge is 0.309 e. The Labute approximate surface area is 132 Å². The number of hydrogen-bond donors (Lipinski definition) is 2. The zero-order valence-electron chi connectivity index (χ0n) is 11.8. The number of aliphatic carboxylic acids is 1. The minimum absolute atomic E-state index is 0.103. The van der Waals surface area contributed by atoms with Crippen molar-refractivity contribution in [2.75, 3.05) is 0 Å². The molecular weight excluding hydrogens is 320 g/mol. The number of benzene rings is 1. The van der Waals surface area contributed by atoms with E-state index in [1.165, 1.54) is 19.9 Å². The van der Waals surface area contributed by atoms with Crippen molar-refractivity contribution in [3.8, 4) is 0 Å². The van der Waals surface area contributed by atoms with E-state index in [0.29, 0.717) is 5.56 Å². The second-order valence-corrected chi connectivity index (χ2v) is 6.26. The minimum atomic E-state index is -1.18. The van der Waals surface area contributed by atoms with Gasteiger partial charge in [-0.25, -0.2) is 4.39 Å². The zero-order valence-corrected chi connectivity index (χ0v) is 13.3.